The van der Waals surface area contributed by atoms with Crippen molar-refractivity contribution in [2.24, 2.45) is 0 Å². The van der Waals surface area contributed by atoms with Crippen molar-refractivity contribution in [3.63, 3.8) is 0 Å². The van der Waals surface area contributed by atoms with Crippen LogP contribution in [0, 0.1) is 0 Å². The Morgan fingerprint density at radius 3 is 2.72 bits per heavy atom. The van der Waals surface area contributed by atoms with E-state index in [2.05, 4.69) is 0 Å². The molecule has 0 aromatic heterocycles. The highest BCUT2D eigenvalue weighted by Crippen LogP contribution is 2.32. The zero-order valence-electron chi connectivity index (χ0n) is 22.3. The van der Waals surface area contributed by atoms with Crippen molar-refractivity contribution in [1.29, 1.82) is 0 Å². The number of hydrogen-bond donors (Lipinski definition) is 1. The summed E-state index contributed by atoms with van der Waals surface area (Å²) in [7, 11) is 0. The van der Waals surface area contributed by atoms with Crippen LogP contribution in [0.5, 0.6) is 0 Å². The van der Waals surface area contributed by atoms with Crippen LogP contribution in [0.1, 0.15) is 53.1 Å². The maximum absolute atomic E-state index is 14.7. The molecule has 0 aliphatic carbocycles. The molecule has 2 aromatic rings. The molecule has 2 heterocycles. The van der Waals surface area contributed by atoms with Crippen LogP contribution >= 0.6 is 11.6 Å². The highest BCUT2D eigenvalue weighted by atomic mass is 35.5. The number of rotatable bonds is 6. The van der Waals surface area contributed by atoms with Gasteiger partial charge in [0, 0.05) is 41.0 Å². The Balaban J connectivity index is 1.60. The van der Waals surface area contributed by atoms with Gasteiger partial charge in [0.15, 0.2) is 1.41 Å². The van der Waals surface area contributed by atoms with E-state index in [9.17, 15) is 28.0 Å². The quantitative estimate of drug-likeness (QED) is 0.661. The molecule has 2 aliphatic rings. The normalized spacial score (nSPS) is 28.9. The van der Waals surface area contributed by atoms with Crippen LogP contribution in [0.4, 0.5) is 8.78 Å². The molecule has 9 heteroatoms. The number of halogens is 3. The fourth-order valence-corrected chi connectivity index (χ4v) is 3.49. The second-order valence-electron chi connectivity index (χ2n) is 7.10. The number of carbonyl (C=O) groups excluding carboxylic acids is 4. The van der Waals surface area contributed by atoms with Gasteiger partial charge in [-0.1, -0.05) is 35.9 Å². The summed E-state index contributed by atoms with van der Waals surface area (Å²) < 4.78 is 78.0. The Morgan fingerprint density at radius 2 is 2.00 bits per heavy atom. The standard InChI is InChI=1S/C23H19ClF2N2O4/c24-16-5-3-15(4-6-16)23(25,26)19(29)9-2-13-1-7-17-14(11-13)12-28(22(17)32)18-8-10-20(30)27-21(18)31/h1,3-7,11,18H,2,8-10,12H2,(H,27,30,31)/t18-/m1/s1/i2D2,8D,10D,18D/hD/t8?,10?,18-. The van der Waals surface area contributed by atoms with E-state index >= 15 is 0 Å². The van der Waals surface area contributed by atoms with Gasteiger partial charge in [-0.25, -0.2) is 0 Å². The molecule has 2 aromatic carbocycles. The molecule has 3 amide bonds. The van der Waals surface area contributed by atoms with Gasteiger partial charge in [-0.2, -0.15) is 8.78 Å². The SMILES string of the molecule is [2H]C1C(=O)N([2H])C(=O)[C@]([2H])(N2Cc3cc(C([2H])([2H])CC(=O)C(F)(F)c4ccc(Cl)cc4)ccc3C2=O)C1[2H]. The second-order valence-corrected chi connectivity index (χ2v) is 7.53. The number of alkyl halides is 2. The summed E-state index contributed by atoms with van der Waals surface area (Å²) in [5, 5.41) is -0.0434. The van der Waals surface area contributed by atoms with Crippen molar-refractivity contribution in [2.75, 3.05) is 0 Å². The molecule has 0 radical (unpaired) electrons. The largest absolute Gasteiger partial charge is 0.330 e. The first kappa shape index (κ1) is 15.6. The zero-order valence-corrected chi connectivity index (χ0v) is 17.0. The van der Waals surface area contributed by atoms with Gasteiger partial charge < -0.3 is 4.90 Å². The first-order chi connectivity index (χ1) is 17.5. The number of hydrogen-bond acceptors (Lipinski definition) is 4. The summed E-state index contributed by atoms with van der Waals surface area (Å²) in [5.41, 5.74) is -0.882. The topological polar surface area (TPSA) is 83.6 Å². The summed E-state index contributed by atoms with van der Waals surface area (Å²) in [6.45, 7) is -0.508. The Kier molecular flexibility index (Phi) is 4.12. The van der Waals surface area contributed by atoms with E-state index in [0.717, 1.165) is 30.3 Å². The average molecular weight is 467 g/mol. The molecule has 32 heavy (non-hydrogen) atoms. The molecule has 4 rings (SSSR count). The van der Waals surface area contributed by atoms with Gasteiger partial charge in [0.1, 0.15) is 6.02 Å². The number of aryl methyl sites for hydroxylation is 1. The number of imide groups is 1. The molecule has 3 atom stereocenters. The maximum atomic E-state index is 14.7. The minimum Gasteiger partial charge on any atom is -0.322 e. The van der Waals surface area contributed by atoms with Gasteiger partial charge in [-0.3, -0.25) is 24.5 Å². The number of carbonyl (C=O) groups is 4. The molecule has 6 nitrogen and oxygen atoms in total. The molecular formula is C23H19ClF2N2O4. The van der Waals surface area contributed by atoms with Crippen LogP contribution in [-0.2, 0) is 33.2 Å². The summed E-state index contributed by atoms with van der Waals surface area (Å²) in [6.07, 6.45) is -7.82. The lowest BCUT2D eigenvalue weighted by atomic mass is 9.97. The molecule has 1 N–H and O–H groups in total. The fraction of sp³-hybridized carbons (Fsp3) is 0.304. The number of benzene rings is 2. The monoisotopic (exact) mass is 466 g/mol. The molecular weight excluding hydrogens is 442 g/mol. The Labute approximate surface area is 196 Å². The highest BCUT2D eigenvalue weighted by molar-refractivity contribution is 6.30. The molecule has 166 valence electrons. The number of Topliss-reactive ketones (excluding diaryl/α,β-unsaturated/α-hetero) is 1. The molecule has 1 saturated heterocycles. The van der Waals surface area contributed by atoms with E-state index < -0.39 is 73.1 Å². The van der Waals surface area contributed by atoms with Gasteiger partial charge >= 0.3 is 5.92 Å². The molecule has 2 aliphatic heterocycles. The third-order valence-electron chi connectivity index (χ3n) is 5.02. The first-order valence-electron chi connectivity index (χ1n) is 12.5. The van der Waals surface area contributed by atoms with Crippen molar-refractivity contribution < 1.29 is 36.2 Å². The van der Waals surface area contributed by atoms with Gasteiger partial charge in [0.05, 0.1) is 1.37 Å². The maximum Gasteiger partial charge on any atom is 0.330 e. The van der Waals surface area contributed by atoms with Crippen molar-refractivity contribution >= 4 is 35.1 Å². The molecule has 0 saturated carbocycles. The molecule has 0 bridgehead atoms. The Hall–Kier alpha value is -3.13. The minimum absolute atomic E-state index is 0.0786. The van der Waals surface area contributed by atoms with Crippen molar-refractivity contribution in [2.45, 2.75) is 44.1 Å². The lowest BCUT2D eigenvalue weighted by molar-refractivity contribution is -0.144. The average Bonchev–Trinajstić information content (AvgIpc) is 3.21. The fourth-order valence-electron chi connectivity index (χ4n) is 3.36. The number of fused-ring (bicyclic) bond motifs is 1. The Morgan fingerprint density at radius 1 is 1.28 bits per heavy atom. The van der Waals surface area contributed by atoms with Gasteiger partial charge in [-0.05, 0) is 42.1 Å². The summed E-state index contributed by atoms with van der Waals surface area (Å²) in [5.74, 6) is -9.42. The summed E-state index contributed by atoms with van der Waals surface area (Å²) >= 11 is 5.70. The molecule has 0 spiro atoms. The zero-order chi connectivity index (χ0) is 28.4. The Bertz CT molecular complexity index is 1360. The van der Waals surface area contributed by atoms with Crippen LogP contribution in [-0.4, -0.2) is 34.4 Å². The minimum atomic E-state index is -4.00. The smallest absolute Gasteiger partial charge is 0.322 e. The van der Waals surface area contributed by atoms with E-state index in [-0.39, 0.29) is 27.0 Å². The predicted molar refractivity (Wildman–Crippen MR) is 111 cm³/mol. The number of ketones is 1. The van der Waals surface area contributed by atoms with Crippen molar-refractivity contribution in [3.8, 4) is 0 Å². The summed E-state index contributed by atoms with van der Waals surface area (Å²) in [6, 6.07) is 4.87. The third kappa shape index (κ3) is 4.14. The van der Waals surface area contributed by atoms with Crippen molar-refractivity contribution in [1.82, 2.24) is 10.2 Å². The molecule has 2 unspecified atom stereocenters. The summed E-state index contributed by atoms with van der Waals surface area (Å²) in [4.78, 5) is 50.6. The van der Waals surface area contributed by atoms with E-state index in [1.807, 2.05) is 0 Å². The van der Waals surface area contributed by atoms with E-state index in [4.69, 9.17) is 19.9 Å². The van der Waals surface area contributed by atoms with Gasteiger partial charge in [0.2, 0.25) is 17.6 Å². The van der Waals surface area contributed by atoms with Gasteiger partial charge in [0.25, 0.3) is 5.91 Å². The van der Waals surface area contributed by atoms with Crippen LogP contribution in [0.15, 0.2) is 42.5 Å². The van der Waals surface area contributed by atoms with E-state index in [0.29, 0.717) is 4.90 Å². The number of nitrogens with one attached hydrogen (secondary N) is 1. The highest BCUT2D eigenvalue weighted by Gasteiger charge is 2.41. The van der Waals surface area contributed by atoms with E-state index in [1.165, 1.54) is 12.1 Å². The van der Waals surface area contributed by atoms with Gasteiger partial charge in [-0.15, -0.1) is 0 Å². The third-order valence-corrected chi connectivity index (χ3v) is 5.28. The lowest BCUT2D eigenvalue weighted by Gasteiger charge is -2.29. The molecule has 1 fully saturated rings. The predicted octanol–water partition coefficient (Wildman–Crippen LogP) is 3.39. The van der Waals surface area contributed by atoms with Crippen LogP contribution < -0.4 is 5.31 Å². The first-order valence-corrected chi connectivity index (χ1v) is 9.75. The lowest BCUT2D eigenvalue weighted by Crippen LogP contribution is -2.52. The number of piperidine rings is 1. The number of nitrogens with zero attached hydrogens (tertiary/aromatic N) is 1. The van der Waals surface area contributed by atoms with Crippen molar-refractivity contribution in [3.05, 3.63) is 69.7 Å². The number of amides is 3. The van der Waals surface area contributed by atoms with Crippen LogP contribution in [0.3, 0.4) is 0 Å². The second kappa shape index (κ2) is 8.43. The van der Waals surface area contributed by atoms with Crippen LogP contribution in [0.25, 0.3) is 0 Å². The van der Waals surface area contributed by atoms with E-state index in [1.54, 1.807) is 0 Å². The van der Waals surface area contributed by atoms with Crippen LogP contribution in [0.2, 0.25) is 6.43 Å².